The van der Waals surface area contributed by atoms with Gasteiger partial charge >= 0.3 is 5.97 Å². The van der Waals surface area contributed by atoms with Crippen LogP contribution in [0.1, 0.15) is 52.9 Å². The normalized spacial score (nSPS) is 15.9. The predicted molar refractivity (Wildman–Crippen MR) is 120 cm³/mol. The Balaban J connectivity index is 1.59. The third kappa shape index (κ3) is 3.81. The molecule has 0 amide bonds. The van der Waals surface area contributed by atoms with Gasteiger partial charge in [-0.2, -0.15) is 0 Å². The summed E-state index contributed by atoms with van der Waals surface area (Å²) in [5.41, 5.74) is 7.31. The summed E-state index contributed by atoms with van der Waals surface area (Å²) in [6, 6.07) is 17.0. The summed E-state index contributed by atoms with van der Waals surface area (Å²) in [4.78, 5) is 17.8. The van der Waals surface area contributed by atoms with Crippen molar-refractivity contribution in [2.24, 2.45) is 0 Å². The van der Waals surface area contributed by atoms with Crippen LogP contribution in [-0.4, -0.2) is 34.6 Å². The number of aromatic carboxylic acids is 1. The molecule has 2 N–H and O–H groups in total. The van der Waals surface area contributed by atoms with E-state index >= 15 is 0 Å². The summed E-state index contributed by atoms with van der Waals surface area (Å²) < 4.78 is 0. The van der Waals surface area contributed by atoms with Crippen LogP contribution in [0.3, 0.4) is 0 Å². The molecule has 1 aliphatic heterocycles. The van der Waals surface area contributed by atoms with Crippen molar-refractivity contribution in [3.63, 3.8) is 0 Å². The molecule has 0 bridgehead atoms. The number of anilines is 1. The average Bonchev–Trinajstić information content (AvgIpc) is 3.06. The lowest BCUT2D eigenvalue weighted by Crippen LogP contribution is -2.24. The average molecular weight is 402 g/mol. The minimum absolute atomic E-state index is 0.177. The lowest BCUT2D eigenvalue weighted by Gasteiger charge is -2.22. The van der Waals surface area contributed by atoms with Gasteiger partial charge in [0.1, 0.15) is 0 Å². The number of carboxylic acids is 1. The minimum atomic E-state index is -0.950. The van der Waals surface area contributed by atoms with E-state index in [0.29, 0.717) is 18.2 Å². The van der Waals surface area contributed by atoms with Crippen LogP contribution in [0.15, 0.2) is 60.9 Å². The molecule has 1 aromatic heterocycles. The number of carboxylic acid groups (broad SMARTS) is 1. The molecular formula is C25H27N3O2. The fourth-order valence-electron chi connectivity index (χ4n) is 4.31. The van der Waals surface area contributed by atoms with Gasteiger partial charge in [0.15, 0.2) is 0 Å². The molecule has 5 nitrogen and oxygen atoms in total. The van der Waals surface area contributed by atoms with Gasteiger partial charge in [-0.05, 0) is 52.9 Å². The highest BCUT2D eigenvalue weighted by Crippen LogP contribution is 2.37. The first-order valence-electron chi connectivity index (χ1n) is 10.3. The van der Waals surface area contributed by atoms with Gasteiger partial charge in [-0.15, -0.1) is 0 Å². The van der Waals surface area contributed by atoms with Gasteiger partial charge in [0.2, 0.25) is 0 Å². The van der Waals surface area contributed by atoms with E-state index in [1.54, 1.807) is 6.20 Å². The Hall–Kier alpha value is -3.18. The quantitative estimate of drug-likeness (QED) is 0.597. The Morgan fingerprint density at radius 2 is 2.03 bits per heavy atom. The standard InChI is InChI=1S/C25H27N3O2/c1-16(2)19-6-4-5-7-20(19)17-8-9-21-18(12-17)15-28(3)24(21)14-27-23-13-26-11-10-22(23)25(29)30/h4-13,16,24,27H,14-15H2,1-3H3,(H,29,30)/t24-/m0/s1. The van der Waals surface area contributed by atoms with E-state index in [2.05, 4.69) is 78.6 Å². The third-order valence-corrected chi connectivity index (χ3v) is 5.88. The highest BCUT2D eigenvalue weighted by molar-refractivity contribution is 5.93. The zero-order chi connectivity index (χ0) is 21.3. The number of fused-ring (bicyclic) bond motifs is 1. The zero-order valence-corrected chi connectivity index (χ0v) is 17.6. The fraction of sp³-hybridized carbons (Fsp3) is 0.280. The SMILES string of the molecule is CC(C)c1ccccc1-c1ccc2c(c1)CN(C)[C@H]2CNc1cnccc1C(=O)O. The Morgan fingerprint density at radius 3 is 2.80 bits per heavy atom. The lowest BCUT2D eigenvalue weighted by molar-refractivity contribution is 0.0697. The fourth-order valence-corrected chi connectivity index (χ4v) is 4.31. The van der Waals surface area contributed by atoms with E-state index in [9.17, 15) is 9.90 Å². The molecule has 0 fully saturated rings. The number of benzene rings is 2. The molecule has 0 aliphatic carbocycles. The Labute approximate surface area is 177 Å². The first-order chi connectivity index (χ1) is 14.5. The topological polar surface area (TPSA) is 65.5 Å². The van der Waals surface area contributed by atoms with Crippen LogP contribution in [0.2, 0.25) is 0 Å². The van der Waals surface area contributed by atoms with Crippen LogP contribution in [0.4, 0.5) is 5.69 Å². The van der Waals surface area contributed by atoms with Gasteiger partial charge in [-0.25, -0.2) is 4.79 Å². The first-order valence-corrected chi connectivity index (χ1v) is 10.3. The Bertz CT molecular complexity index is 1080. The Kier molecular flexibility index (Phi) is 5.55. The van der Waals surface area contributed by atoms with Crippen molar-refractivity contribution >= 4 is 11.7 Å². The second-order valence-corrected chi connectivity index (χ2v) is 8.19. The van der Waals surface area contributed by atoms with E-state index in [1.807, 2.05) is 0 Å². The van der Waals surface area contributed by atoms with Crippen molar-refractivity contribution in [3.05, 3.63) is 83.2 Å². The molecule has 0 radical (unpaired) electrons. The summed E-state index contributed by atoms with van der Waals surface area (Å²) in [5, 5.41) is 12.7. The molecule has 0 saturated heterocycles. The van der Waals surface area contributed by atoms with Crippen molar-refractivity contribution in [2.45, 2.75) is 32.4 Å². The van der Waals surface area contributed by atoms with E-state index in [0.717, 1.165) is 6.54 Å². The highest BCUT2D eigenvalue weighted by Gasteiger charge is 2.28. The number of carbonyl (C=O) groups is 1. The van der Waals surface area contributed by atoms with Gasteiger partial charge in [0.05, 0.1) is 23.5 Å². The van der Waals surface area contributed by atoms with Crippen LogP contribution < -0.4 is 5.32 Å². The van der Waals surface area contributed by atoms with E-state index in [4.69, 9.17) is 0 Å². The summed E-state index contributed by atoms with van der Waals surface area (Å²) in [5.74, 6) is -0.481. The van der Waals surface area contributed by atoms with Crippen LogP contribution >= 0.6 is 0 Å². The van der Waals surface area contributed by atoms with Gasteiger partial charge in [0, 0.05) is 19.3 Å². The maximum absolute atomic E-state index is 11.4. The molecule has 3 aromatic rings. The number of likely N-dealkylation sites (N-methyl/N-ethyl adjacent to an activating group) is 1. The third-order valence-electron chi connectivity index (χ3n) is 5.88. The van der Waals surface area contributed by atoms with Crippen LogP contribution in [0.25, 0.3) is 11.1 Å². The molecule has 2 heterocycles. The summed E-state index contributed by atoms with van der Waals surface area (Å²) in [6.45, 7) is 5.95. The molecule has 5 heteroatoms. The molecular weight excluding hydrogens is 374 g/mol. The monoisotopic (exact) mass is 401 g/mol. The summed E-state index contributed by atoms with van der Waals surface area (Å²) in [6.07, 6.45) is 3.08. The van der Waals surface area contributed by atoms with Gasteiger partial charge < -0.3 is 10.4 Å². The number of pyridine rings is 1. The van der Waals surface area contributed by atoms with Crippen molar-refractivity contribution in [3.8, 4) is 11.1 Å². The highest BCUT2D eigenvalue weighted by atomic mass is 16.4. The molecule has 1 atom stereocenters. The van der Waals surface area contributed by atoms with Crippen LogP contribution in [-0.2, 0) is 6.54 Å². The summed E-state index contributed by atoms with van der Waals surface area (Å²) >= 11 is 0. The Morgan fingerprint density at radius 1 is 1.23 bits per heavy atom. The number of aromatic nitrogens is 1. The number of hydrogen-bond donors (Lipinski definition) is 2. The lowest BCUT2D eigenvalue weighted by atomic mass is 9.91. The van der Waals surface area contributed by atoms with Crippen molar-refractivity contribution in [1.82, 2.24) is 9.88 Å². The second kappa shape index (κ2) is 8.28. The molecule has 0 saturated carbocycles. The maximum Gasteiger partial charge on any atom is 0.337 e. The summed E-state index contributed by atoms with van der Waals surface area (Å²) in [7, 11) is 2.11. The first kappa shape index (κ1) is 20.1. The number of nitrogens with zero attached hydrogens (tertiary/aromatic N) is 2. The second-order valence-electron chi connectivity index (χ2n) is 8.19. The largest absolute Gasteiger partial charge is 0.478 e. The molecule has 1 aliphatic rings. The predicted octanol–water partition coefficient (Wildman–Crippen LogP) is 5.17. The van der Waals surface area contributed by atoms with Crippen LogP contribution in [0, 0.1) is 0 Å². The minimum Gasteiger partial charge on any atom is -0.478 e. The molecule has 154 valence electrons. The van der Waals surface area contributed by atoms with Gasteiger partial charge in [-0.1, -0.05) is 50.2 Å². The van der Waals surface area contributed by atoms with Gasteiger partial charge in [-0.3, -0.25) is 9.88 Å². The molecule has 2 aromatic carbocycles. The molecule has 30 heavy (non-hydrogen) atoms. The maximum atomic E-state index is 11.4. The smallest absolute Gasteiger partial charge is 0.337 e. The molecule has 0 unspecified atom stereocenters. The van der Waals surface area contributed by atoms with Crippen molar-refractivity contribution in [2.75, 3.05) is 18.9 Å². The number of rotatable bonds is 6. The zero-order valence-electron chi connectivity index (χ0n) is 17.6. The number of hydrogen-bond acceptors (Lipinski definition) is 4. The molecule has 4 rings (SSSR count). The van der Waals surface area contributed by atoms with E-state index in [1.165, 1.54) is 40.1 Å². The van der Waals surface area contributed by atoms with Crippen LogP contribution in [0.5, 0.6) is 0 Å². The van der Waals surface area contributed by atoms with Gasteiger partial charge in [0.25, 0.3) is 0 Å². The number of nitrogens with one attached hydrogen (secondary N) is 1. The molecule has 0 spiro atoms. The van der Waals surface area contributed by atoms with Crippen molar-refractivity contribution < 1.29 is 9.90 Å². The van der Waals surface area contributed by atoms with E-state index in [-0.39, 0.29) is 11.6 Å². The van der Waals surface area contributed by atoms with Crippen molar-refractivity contribution in [1.29, 1.82) is 0 Å². The van der Waals surface area contributed by atoms with E-state index < -0.39 is 5.97 Å².